The van der Waals surface area contributed by atoms with Crippen LogP contribution in [-0.4, -0.2) is 61.2 Å². The quantitative estimate of drug-likeness (QED) is 0.873. The fourth-order valence-corrected chi connectivity index (χ4v) is 4.49. The number of carbonyl (C=O) groups is 1. The van der Waals surface area contributed by atoms with Gasteiger partial charge in [-0.3, -0.25) is 4.79 Å². The molecule has 0 aromatic carbocycles. The van der Waals surface area contributed by atoms with Crippen LogP contribution >= 0.6 is 11.3 Å². The van der Waals surface area contributed by atoms with Crippen molar-refractivity contribution < 1.29 is 14.3 Å². The summed E-state index contributed by atoms with van der Waals surface area (Å²) in [6, 6.07) is 0. The van der Waals surface area contributed by atoms with Crippen LogP contribution in [0.15, 0.2) is 5.51 Å². The van der Waals surface area contributed by atoms with Crippen LogP contribution in [0.3, 0.4) is 0 Å². The molecule has 1 aromatic heterocycles. The van der Waals surface area contributed by atoms with Crippen molar-refractivity contribution in [2.45, 2.75) is 37.9 Å². The van der Waals surface area contributed by atoms with Crippen LogP contribution in [-0.2, 0) is 14.3 Å². The van der Waals surface area contributed by atoms with Crippen LogP contribution in [0.1, 0.15) is 25.7 Å². The predicted molar refractivity (Wildman–Crippen MR) is 90.1 cm³/mol. The smallest absolute Gasteiger partial charge is 0.249 e. The Hall–Kier alpha value is -1.25. The van der Waals surface area contributed by atoms with Gasteiger partial charge in [0.2, 0.25) is 11.0 Å². The van der Waals surface area contributed by atoms with Gasteiger partial charge in [-0.05, 0) is 37.5 Å². The molecule has 8 heteroatoms. The number of fused-ring (bicyclic) bond motifs is 1. The second-order valence-corrected chi connectivity index (χ2v) is 7.73. The molecule has 1 N–H and O–H groups in total. The SMILES string of the molecule is O=C(NCC1CCOCC1)[C@@H]1C[C@H]2CCN(c3nncs3)C[C@H]2O1. The average molecular weight is 352 g/mol. The Labute approximate surface area is 145 Å². The highest BCUT2D eigenvalue weighted by Crippen LogP contribution is 2.35. The van der Waals surface area contributed by atoms with Gasteiger partial charge in [-0.25, -0.2) is 0 Å². The van der Waals surface area contributed by atoms with E-state index < -0.39 is 0 Å². The van der Waals surface area contributed by atoms with Crippen LogP contribution in [0.5, 0.6) is 0 Å². The minimum atomic E-state index is -0.297. The first-order valence-corrected chi connectivity index (χ1v) is 9.69. The van der Waals surface area contributed by atoms with Crippen molar-refractivity contribution in [2.24, 2.45) is 11.8 Å². The third kappa shape index (κ3) is 3.55. The molecule has 4 rings (SSSR count). The number of hydrogen-bond acceptors (Lipinski definition) is 7. The van der Waals surface area contributed by atoms with E-state index in [1.165, 1.54) is 0 Å². The Morgan fingerprint density at radius 3 is 3.04 bits per heavy atom. The van der Waals surface area contributed by atoms with E-state index in [0.717, 1.165) is 63.7 Å². The minimum Gasteiger partial charge on any atom is -0.381 e. The summed E-state index contributed by atoms with van der Waals surface area (Å²) in [5.41, 5.74) is 1.75. The number of nitrogens with one attached hydrogen (secondary N) is 1. The lowest BCUT2D eigenvalue weighted by Gasteiger charge is -2.33. The Morgan fingerprint density at radius 1 is 1.38 bits per heavy atom. The Kier molecular flexibility index (Phi) is 4.96. The lowest BCUT2D eigenvalue weighted by atomic mass is 9.92. The summed E-state index contributed by atoms with van der Waals surface area (Å²) in [4.78, 5) is 14.7. The van der Waals surface area contributed by atoms with Gasteiger partial charge in [0.1, 0.15) is 11.6 Å². The van der Waals surface area contributed by atoms with Gasteiger partial charge in [-0.1, -0.05) is 11.3 Å². The van der Waals surface area contributed by atoms with E-state index in [1.54, 1.807) is 16.8 Å². The van der Waals surface area contributed by atoms with Gasteiger partial charge < -0.3 is 19.7 Å². The number of nitrogens with zero attached hydrogens (tertiary/aromatic N) is 3. The van der Waals surface area contributed by atoms with E-state index in [1.807, 2.05) is 0 Å². The average Bonchev–Trinajstić information content (AvgIpc) is 3.29. The first kappa shape index (κ1) is 16.2. The third-order valence-corrected chi connectivity index (χ3v) is 6.12. The maximum absolute atomic E-state index is 12.4. The van der Waals surface area contributed by atoms with Crippen LogP contribution in [0.2, 0.25) is 0 Å². The molecule has 3 aliphatic heterocycles. The third-order valence-electron chi connectivity index (χ3n) is 5.37. The summed E-state index contributed by atoms with van der Waals surface area (Å²) in [7, 11) is 0. The molecule has 132 valence electrons. The molecule has 3 aliphatic rings. The van der Waals surface area contributed by atoms with Gasteiger partial charge in [-0.15, -0.1) is 10.2 Å². The lowest BCUT2D eigenvalue weighted by molar-refractivity contribution is -0.132. The first-order chi connectivity index (χ1) is 11.8. The van der Waals surface area contributed by atoms with Gasteiger partial charge in [-0.2, -0.15) is 0 Å². The van der Waals surface area contributed by atoms with E-state index in [4.69, 9.17) is 9.47 Å². The molecular weight excluding hydrogens is 328 g/mol. The molecule has 3 atom stereocenters. The molecule has 24 heavy (non-hydrogen) atoms. The lowest BCUT2D eigenvalue weighted by Crippen LogP contribution is -2.43. The number of hydrogen-bond donors (Lipinski definition) is 1. The number of amides is 1. The van der Waals surface area contributed by atoms with Gasteiger partial charge >= 0.3 is 0 Å². The number of carbonyl (C=O) groups excluding carboxylic acids is 1. The number of rotatable bonds is 4. The molecular formula is C16H24N4O3S. The summed E-state index contributed by atoms with van der Waals surface area (Å²) < 4.78 is 11.4. The van der Waals surface area contributed by atoms with Crippen molar-refractivity contribution in [1.82, 2.24) is 15.5 Å². The van der Waals surface area contributed by atoms with Crippen LogP contribution < -0.4 is 10.2 Å². The highest BCUT2D eigenvalue weighted by Gasteiger charge is 2.42. The topological polar surface area (TPSA) is 76.6 Å². The molecule has 3 fully saturated rings. The maximum atomic E-state index is 12.4. The number of piperidine rings is 1. The van der Waals surface area contributed by atoms with E-state index >= 15 is 0 Å². The summed E-state index contributed by atoms with van der Waals surface area (Å²) in [5.74, 6) is 1.07. The van der Waals surface area contributed by atoms with Crippen molar-refractivity contribution >= 4 is 22.4 Å². The van der Waals surface area contributed by atoms with Gasteiger partial charge in [0.05, 0.1) is 6.10 Å². The monoisotopic (exact) mass is 352 g/mol. The highest BCUT2D eigenvalue weighted by molar-refractivity contribution is 7.13. The van der Waals surface area contributed by atoms with Crippen LogP contribution in [0.25, 0.3) is 0 Å². The van der Waals surface area contributed by atoms with Crippen molar-refractivity contribution in [3.8, 4) is 0 Å². The molecule has 1 amide bonds. The van der Waals surface area contributed by atoms with E-state index in [9.17, 15) is 4.79 Å². The highest BCUT2D eigenvalue weighted by atomic mass is 32.1. The molecule has 0 saturated carbocycles. The molecule has 4 heterocycles. The zero-order chi connectivity index (χ0) is 16.4. The Morgan fingerprint density at radius 2 is 2.25 bits per heavy atom. The summed E-state index contributed by atoms with van der Waals surface area (Å²) in [6.45, 7) is 4.14. The Bertz CT molecular complexity index is 550. The normalized spacial score (nSPS) is 31.0. The van der Waals surface area contributed by atoms with Gasteiger partial charge in [0.25, 0.3) is 0 Å². The van der Waals surface area contributed by atoms with Crippen LogP contribution in [0, 0.1) is 11.8 Å². The summed E-state index contributed by atoms with van der Waals surface area (Å²) in [5, 5.41) is 12.1. The van der Waals surface area contributed by atoms with Crippen LogP contribution in [0.4, 0.5) is 5.13 Å². The molecule has 7 nitrogen and oxygen atoms in total. The largest absolute Gasteiger partial charge is 0.381 e. The van der Waals surface area contributed by atoms with Crippen molar-refractivity contribution in [1.29, 1.82) is 0 Å². The van der Waals surface area contributed by atoms with Gasteiger partial charge in [0.15, 0.2) is 0 Å². The van der Waals surface area contributed by atoms with E-state index in [-0.39, 0.29) is 18.1 Å². The molecule has 0 radical (unpaired) electrons. The molecule has 1 aromatic rings. The second-order valence-electron chi connectivity index (χ2n) is 6.92. The molecule has 0 spiro atoms. The van der Waals surface area contributed by atoms with Crippen molar-refractivity contribution in [3.05, 3.63) is 5.51 Å². The second kappa shape index (κ2) is 7.33. The molecule has 0 bridgehead atoms. The van der Waals surface area contributed by atoms with E-state index in [0.29, 0.717) is 11.8 Å². The zero-order valence-electron chi connectivity index (χ0n) is 13.7. The zero-order valence-corrected chi connectivity index (χ0v) is 14.5. The predicted octanol–water partition coefficient (Wildman–Crippen LogP) is 1.06. The van der Waals surface area contributed by atoms with E-state index in [2.05, 4.69) is 20.4 Å². The standard InChI is InChI=1S/C16H24N4O3S/c21-15(17-8-11-2-5-22-6-3-11)13-7-12-1-4-20(9-14(12)23-13)16-19-18-10-24-16/h10-14H,1-9H2,(H,17,21)/t12-,13+,14-/m1/s1. The molecule has 3 saturated heterocycles. The summed E-state index contributed by atoms with van der Waals surface area (Å²) >= 11 is 1.55. The number of ether oxygens (including phenoxy) is 2. The fraction of sp³-hybridized carbons (Fsp3) is 0.812. The molecule has 0 aliphatic carbocycles. The maximum Gasteiger partial charge on any atom is 0.249 e. The van der Waals surface area contributed by atoms with Crippen molar-refractivity contribution in [3.63, 3.8) is 0 Å². The Balaban J connectivity index is 1.27. The van der Waals surface area contributed by atoms with Gasteiger partial charge in [0, 0.05) is 32.8 Å². The van der Waals surface area contributed by atoms with Crippen molar-refractivity contribution in [2.75, 3.05) is 37.7 Å². The number of aromatic nitrogens is 2. The minimum absolute atomic E-state index is 0.0540. The number of anilines is 1. The molecule has 0 unspecified atom stereocenters. The fourth-order valence-electron chi connectivity index (χ4n) is 3.89. The summed E-state index contributed by atoms with van der Waals surface area (Å²) in [6.07, 6.45) is 3.79. The first-order valence-electron chi connectivity index (χ1n) is 8.81.